The fourth-order valence-electron chi connectivity index (χ4n) is 2.96. The molecule has 5 nitrogen and oxygen atoms in total. The highest BCUT2D eigenvalue weighted by Crippen LogP contribution is 2.27. The summed E-state index contributed by atoms with van der Waals surface area (Å²) < 4.78 is 14.9. The normalized spacial score (nSPS) is 16.9. The molecule has 134 valence electrons. The molecule has 1 saturated heterocycles. The Morgan fingerprint density at radius 1 is 1.24 bits per heavy atom. The predicted octanol–water partition coefficient (Wildman–Crippen LogP) is 3.36. The first kappa shape index (κ1) is 17.9. The van der Waals surface area contributed by atoms with Crippen molar-refractivity contribution in [3.63, 3.8) is 0 Å². The van der Waals surface area contributed by atoms with Crippen molar-refractivity contribution in [3.05, 3.63) is 30.1 Å². The van der Waals surface area contributed by atoms with Gasteiger partial charge in [0, 0.05) is 25.7 Å². The molecule has 1 fully saturated rings. The third kappa shape index (κ3) is 4.03. The van der Waals surface area contributed by atoms with Gasteiger partial charge in [-0.1, -0.05) is 18.7 Å². The van der Waals surface area contributed by atoms with Crippen LogP contribution in [0.4, 0.5) is 4.39 Å². The van der Waals surface area contributed by atoms with Gasteiger partial charge in [0.05, 0.1) is 5.25 Å². The van der Waals surface area contributed by atoms with Crippen LogP contribution in [0.3, 0.4) is 0 Å². The number of hydrogen-bond donors (Lipinski definition) is 0. The van der Waals surface area contributed by atoms with Crippen LogP contribution in [-0.2, 0) is 11.8 Å². The van der Waals surface area contributed by atoms with Gasteiger partial charge in [0.2, 0.25) is 5.91 Å². The number of carbonyl (C=O) groups excluding carboxylic acids is 1. The molecule has 0 bridgehead atoms. The number of aromatic nitrogens is 3. The SMILES string of the molecule is CC1CCN(C(=O)[C@@H](C)Sc2nnc(-c3ccc(F)cc3)n2C)CC1. The summed E-state index contributed by atoms with van der Waals surface area (Å²) >= 11 is 1.42. The Morgan fingerprint density at radius 3 is 2.52 bits per heavy atom. The van der Waals surface area contributed by atoms with E-state index < -0.39 is 0 Å². The third-order valence-electron chi connectivity index (χ3n) is 4.66. The summed E-state index contributed by atoms with van der Waals surface area (Å²) in [7, 11) is 1.86. The molecule has 0 unspecified atom stereocenters. The molecule has 3 rings (SSSR count). The van der Waals surface area contributed by atoms with Crippen molar-refractivity contribution in [1.29, 1.82) is 0 Å². The maximum atomic E-state index is 13.1. The van der Waals surface area contributed by atoms with Crippen LogP contribution in [0, 0.1) is 11.7 Å². The average molecular weight is 362 g/mol. The molecule has 7 heteroatoms. The highest BCUT2D eigenvalue weighted by atomic mass is 32.2. The van der Waals surface area contributed by atoms with Gasteiger partial charge in [0.25, 0.3) is 0 Å². The van der Waals surface area contributed by atoms with E-state index in [1.54, 1.807) is 12.1 Å². The van der Waals surface area contributed by atoms with E-state index in [-0.39, 0.29) is 17.0 Å². The van der Waals surface area contributed by atoms with E-state index in [2.05, 4.69) is 17.1 Å². The standard InChI is InChI=1S/C18H23FN4OS/c1-12-8-10-23(11-9-12)17(24)13(2)25-18-21-20-16(22(18)3)14-4-6-15(19)7-5-14/h4-7,12-13H,8-11H2,1-3H3/t13-/m1/s1. The lowest BCUT2D eigenvalue weighted by Gasteiger charge is -2.31. The first-order valence-electron chi connectivity index (χ1n) is 8.56. The molecule has 0 saturated carbocycles. The highest BCUT2D eigenvalue weighted by molar-refractivity contribution is 8.00. The first-order chi connectivity index (χ1) is 12.0. The number of amides is 1. The zero-order chi connectivity index (χ0) is 18.0. The van der Waals surface area contributed by atoms with Crippen molar-refractivity contribution in [2.24, 2.45) is 13.0 Å². The molecular formula is C18H23FN4OS. The van der Waals surface area contributed by atoms with E-state index in [4.69, 9.17) is 0 Å². The molecule has 25 heavy (non-hydrogen) atoms. The van der Waals surface area contributed by atoms with Crippen LogP contribution in [0.25, 0.3) is 11.4 Å². The Bertz CT molecular complexity index is 738. The smallest absolute Gasteiger partial charge is 0.235 e. The lowest BCUT2D eigenvalue weighted by molar-refractivity contribution is -0.131. The lowest BCUT2D eigenvalue weighted by Crippen LogP contribution is -2.41. The molecule has 1 aliphatic heterocycles. The van der Waals surface area contributed by atoms with Gasteiger partial charge in [-0.15, -0.1) is 10.2 Å². The Morgan fingerprint density at radius 2 is 1.88 bits per heavy atom. The van der Waals surface area contributed by atoms with E-state index in [1.807, 2.05) is 23.4 Å². The number of hydrogen-bond acceptors (Lipinski definition) is 4. The van der Waals surface area contributed by atoms with Gasteiger partial charge in [-0.2, -0.15) is 0 Å². The van der Waals surface area contributed by atoms with Crippen LogP contribution in [0.2, 0.25) is 0 Å². The Kier molecular flexibility index (Phi) is 5.42. The van der Waals surface area contributed by atoms with Gasteiger partial charge in [-0.3, -0.25) is 4.79 Å². The molecule has 1 atom stereocenters. The topological polar surface area (TPSA) is 51.0 Å². The second-order valence-corrected chi connectivity index (χ2v) is 7.95. The Labute approximate surface area is 151 Å². The van der Waals surface area contributed by atoms with Crippen molar-refractivity contribution in [2.45, 2.75) is 37.1 Å². The maximum absolute atomic E-state index is 13.1. The van der Waals surface area contributed by atoms with E-state index in [9.17, 15) is 9.18 Å². The fourth-order valence-corrected chi connectivity index (χ4v) is 3.86. The van der Waals surface area contributed by atoms with Gasteiger partial charge in [-0.05, 0) is 49.9 Å². The van der Waals surface area contributed by atoms with Gasteiger partial charge >= 0.3 is 0 Å². The molecule has 0 aliphatic carbocycles. The lowest BCUT2D eigenvalue weighted by atomic mass is 9.99. The maximum Gasteiger partial charge on any atom is 0.235 e. The summed E-state index contributed by atoms with van der Waals surface area (Å²) in [4.78, 5) is 14.6. The number of likely N-dealkylation sites (tertiary alicyclic amines) is 1. The van der Waals surface area contributed by atoms with Crippen LogP contribution in [0.5, 0.6) is 0 Å². The number of nitrogens with zero attached hydrogens (tertiary/aromatic N) is 4. The van der Waals surface area contributed by atoms with Crippen LogP contribution in [0.15, 0.2) is 29.4 Å². The number of piperidine rings is 1. The number of halogens is 1. The molecule has 0 spiro atoms. The van der Waals surface area contributed by atoms with E-state index in [0.29, 0.717) is 16.9 Å². The molecule has 1 aliphatic rings. The summed E-state index contributed by atoms with van der Waals surface area (Å²) in [5.41, 5.74) is 0.798. The quantitative estimate of drug-likeness (QED) is 0.783. The molecule has 2 aromatic rings. The van der Waals surface area contributed by atoms with Crippen LogP contribution >= 0.6 is 11.8 Å². The molecule has 1 amide bonds. The molecule has 2 heterocycles. The fraction of sp³-hybridized carbons (Fsp3) is 0.500. The highest BCUT2D eigenvalue weighted by Gasteiger charge is 2.26. The minimum absolute atomic E-state index is 0.156. The van der Waals surface area contributed by atoms with Crippen molar-refractivity contribution in [2.75, 3.05) is 13.1 Å². The summed E-state index contributed by atoms with van der Waals surface area (Å²) in [6, 6.07) is 6.16. The summed E-state index contributed by atoms with van der Waals surface area (Å²) in [6.07, 6.45) is 2.14. The van der Waals surface area contributed by atoms with Gasteiger partial charge in [0.15, 0.2) is 11.0 Å². The van der Waals surface area contributed by atoms with Gasteiger partial charge in [-0.25, -0.2) is 4.39 Å². The number of thioether (sulfide) groups is 1. The molecule has 1 aromatic heterocycles. The number of carbonyl (C=O) groups is 1. The van der Waals surface area contributed by atoms with Crippen molar-refractivity contribution < 1.29 is 9.18 Å². The average Bonchev–Trinajstić information content (AvgIpc) is 2.96. The van der Waals surface area contributed by atoms with Crippen molar-refractivity contribution in [3.8, 4) is 11.4 Å². The largest absolute Gasteiger partial charge is 0.342 e. The Hall–Kier alpha value is -1.89. The third-order valence-corrected chi connectivity index (χ3v) is 5.78. The first-order valence-corrected chi connectivity index (χ1v) is 9.44. The summed E-state index contributed by atoms with van der Waals surface area (Å²) in [5.74, 6) is 1.23. The van der Waals surface area contributed by atoms with E-state index in [0.717, 1.165) is 31.5 Å². The zero-order valence-electron chi connectivity index (χ0n) is 14.8. The Balaban J connectivity index is 1.68. The molecule has 1 aromatic carbocycles. The van der Waals surface area contributed by atoms with E-state index in [1.165, 1.54) is 23.9 Å². The molecule has 0 N–H and O–H groups in total. The second-order valence-electron chi connectivity index (χ2n) is 6.64. The van der Waals surface area contributed by atoms with Crippen LogP contribution < -0.4 is 0 Å². The summed E-state index contributed by atoms with van der Waals surface area (Å²) in [6.45, 7) is 5.82. The number of benzene rings is 1. The molecular weight excluding hydrogens is 339 g/mol. The van der Waals surface area contributed by atoms with Crippen molar-refractivity contribution >= 4 is 17.7 Å². The minimum atomic E-state index is -0.282. The van der Waals surface area contributed by atoms with Crippen LogP contribution in [-0.4, -0.2) is 43.9 Å². The summed E-state index contributed by atoms with van der Waals surface area (Å²) in [5, 5.41) is 8.88. The molecule has 0 radical (unpaired) electrons. The van der Waals surface area contributed by atoms with E-state index >= 15 is 0 Å². The second kappa shape index (κ2) is 7.56. The van der Waals surface area contributed by atoms with Gasteiger partial charge in [0.1, 0.15) is 5.82 Å². The van der Waals surface area contributed by atoms with Crippen molar-refractivity contribution in [1.82, 2.24) is 19.7 Å². The number of rotatable bonds is 4. The predicted molar refractivity (Wildman–Crippen MR) is 96.7 cm³/mol. The monoisotopic (exact) mass is 362 g/mol. The zero-order valence-corrected chi connectivity index (χ0v) is 15.6. The van der Waals surface area contributed by atoms with Gasteiger partial charge < -0.3 is 9.47 Å². The van der Waals surface area contributed by atoms with Crippen LogP contribution in [0.1, 0.15) is 26.7 Å². The minimum Gasteiger partial charge on any atom is -0.342 e.